The molecule has 0 fully saturated rings. The lowest BCUT2D eigenvalue weighted by atomic mass is 9.92. The number of para-hydroxylation sites is 3. The van der Waals surface area contributed by atoms with Crippen LogP contribution in [0.4, 0.5) is 34.1 Å². The second-order valence-corrected chi connectivity index (χ2v) is 21.3. The first-order valence-electron chi connectivity index (χ1n) is 28.5. The van der Waals surface area contributed by atoms with E-state index in [-0.39, 0.29) is 0 Å². The first kappa shape index (κ1) is 49.1. The van der Waals surface area contributed by atoms with E-state index in [0.717, 1.165) is 84.2 Å². The number of nitrogens with zero attached hydrogens (tertiary/aromatic N) is 3. The zero-order chi connectivity index (χ0) is 55.1. The van der Waals surface area contributed by atoms with Crippen LogP contribution in [0, 0.1) is 0 Å². The van der Waals surface area contributed by atoms with Gasteiger partial charge in [0.15, 0.2) is 0 Å². The Hall–Kier alpha value is -11.0. The maximum atomic E-state index is 2.50. The van der Waals surface area contributed by atoms with E-state index in [1.165, 1.54) is 54.6 Å². The SMILES string of the molecule is c1ccc(-c2ccc(-c3ccccc3N(c3cc(-c4cc5ccccc5c5ccccc45)cc(N(c4ccc(-c5ccccc5)cc4)c4ccc(-c5ccccc5)cc4)c3)c3ccc4c5ccccc5n(-c5ccccc5)c4c3)cc2)cc1. The van der Waals surface area contributed by atoms with Crippen LogP contribution in [-0.2, 0) is 0 Å². The molecule has 0 saturated heterocycles. The molecule has 0 saturated carbocycles. The Morgan fingerprint density at radius 2 is 0.639 bits per heavy atom. The predicted molar refractivity (Wildman–Crippen MR) is 352 cm³/mol. The van der Waals surface area contributed by atoms with Gasteiger partial charge in [-0.1, -0.05) is 249 Å². The standard InChI is InChI=1S/C80H55N3/c1-5-21-56(22-6-1)59-37-39-62(40-38-59)72-31-17-19-35-78(72)82(68-49-50-76-75-34-18-20-36-79(75)83(80(76)55-68)65-28-11-4-12-29-65)70-52-64(77-53-63-27-13-14-30-71(63)73-32-15-16-33-74(73)77)51-69(54-70)81(66-45-41-60(42-46-66)57-23-7-2-8-24-57)67-47-43-61(44-48-67)58-25-9-3-10-26-58/h1-55H. The summed E-state index contributed by atoms with van der Waals surface area (Å²) in [5.41, 5.74) is 21.1. The number of fused-ring (bicyclic) bond motifs is 6. The van der Waals surface area contributed by atoms with E-state index >= 15 is 0 Å². The monoisotopic (exact) mass is 1060 g/mol. The number of anilines is 6. The molecule has 390 valence electrons. The van der Waals surface area contributed by atoms with Gasteiger partial charge in [0.2, 0.25) is 0 Å². The molecule has 15 rings (SSSR count). The minimum absolute atomic E-state index is 1.01. The highest BCUT2D eigenvalue weighted by Crippen LogP contribution is 2.49. The first-order valence-corrected chi connectivity index (χ1v) is 28.5. The molecule has 3 nitrogen and oxygen atoms in total. The van der Waals surface area contributed by atoms with Crippen LogP contribution in [0.5, 0.6) is 0 Å². The molecule has 0 amide bonds. The minimum atomic E-state index is 1.01. The van der Waals surface area contributed by atoms with E-state index in [4.69, 9.17) is 0 Å². The summed E-state index contributed by atoms with van der Waals surface area (Å²) in [5.74, 6) is 0. The molecule has 0 aliphatic rings. The van der Waals surface area contributed by atoms with Crippen molar-refractivity contribution in [3.05, 3.63) is 334 Å². The van der Waals surface area contributed by atoms with Gasteiger partial charge in [0.25, 0.3) is 0 Å². The van der Waals surface area contributed by atoms with Crippen molar-refractivity contribution in [2.45, 2.75) is 0 Å². The minimum Gasteiger partial charge on any atom is -0.310 e. The third-order valence-corrected chi connectivity index (χ3v) is 16.3. The zero-order valence-corrected chi connectivity index (χ0v) is 45.6. The summed E-state index contributed by atoms with van der Waals surface area (Å²) in [6, 6.07) is 122. The molecule has 0 N–H and O–H groups in total. The highest BCUT2D eigenvalue weighted by atomic mass is 15.2. The molecular weight excluding hydrogens is 1000 g/mol. The van der Waals surface area contributed by atoms with Gasteiger partial charge in [0, 0.05) is 50.5 Å². The zero-order valence-electron chi connectivity index (χ0n) is 45.6. The van der Waals surface area contributed by atoms with E-state index < -0.39 is 0 Å². The maximum absolute atomic E-state index is 2.50. The Bertz CT molecular complexity index is 4720. The predicted octanol–water partition coefficient (Wildman–Crippen LogP) is 22.4. The van der Waals surface area contributed by atoms with Crippen LogP contribution in [0.15, 0.2) is 334 Å². The Morgan fingerprint density at radius 1 is 0.205 bits per heavy atom. The third kappa shape index (κ3) is 9.17. The molecule has 0 aliphatic carbocycles. The molecule has 0 spiro atoms. The molecular formula is C80H55N3. The number of rotatable bonds is 12. The Balaban J connectivity index is 1.02. The molecule has 1 heterocycles. The number of aromatic nitrogens is 1. The van der Waals surface area contributed by atoms with Crippen LogP contribution in [0.2, 0.25) is 0 Å². The molecule has 3 heteroatoms. The summed E-state index contributed by atoms with van der Waals surface area (Å²) in [4.78, 5) is 4.93. The average Bonchev–Trinajstić information content (AvgIpc) is 3.70. The number of hydrogen-bond acceptors (Lipinski definition) is 2. The van der Waals surface area contributed by atoms with Crippen LogP contribution in [-0.4, -0.2) is 4.57 Å². The van der Waals surface area contributed by atoms with Crippen molar-refractivity contribution in [1.29, 1.82) is 0 Å². The van der Waals surface area contributed by atoms with Gasteiger partial charge in [-0.05, 0) is 157 Å². The van der Waals surface area contributed by atoms with Crippen molar-refractivity contribution in [2.24, 2.45) is 0 Å². The summed E-state index contributed by atoms with van der Waals surface area (Å²) in [5, 5.41) is 7.25. The third-order valence-electron chi connectivity index (χ3n) is 16.3. The van der Waals surface area contributed by atoms with Gasteiger partial charge in [-0.25, -0.2) is 0 Å². The van der Waals surface area contributed by atoms with Crippen LogP contribution in [0.1, 0.15) is 0 Å². The maximum Gasteiger partial charge on any atom is 0.0561 e. The molecule has 1 aromatic heterocycles. The van der Waals surface area contributed by atoms with Crippen LogP contribution >= 0.6 is 0 Å². The second kappa shape index (κ2) is 21.2. The summed E-state index contributed by atoms with van der Waals surface area (Å²) >= 11 is 0. The van der Waals surface area contributed by atoms with Gasteiger partial charge in [0.1, 0.15) is 0 Å². The highest BCUT2D eigenvalue weighted by molar-refractivity contribution is 6.15. The summed E-state index contributed by atoms with van der Waals surface area (Å²) in [6.45, 7) is 0. The lowest BCUT2D eigenvalue weighted by Crippen LogP contribution is -2.14. The number of benzene rings is 14. The Labute approximate surface area is 484 Å². The largest absolute Gasteiger partial charge is 0.310 e. The molecule has 15 aromatic rings. The second-order valence-electron chi connectivity index (χ2n) is 21.3. The Kier molecular flexibility index (Phi) is 12.6. The summed E-state index contributed by atoms with van der Waals surface area (Å²) < 4.78 is 2.42. The Morgan fingerprint density at radius 3 is 1.25 bits per heavy atom. The summed E-state index contributed by atoms with van der Waals surface area (Å²) in [7, 11) is 0. The normalized spacial score (nSPS) is 11.4. The van der Waals surface area contributed by atoms with E-state index in [9.17, 15) is 0 Å². The molecule has 0 unspecified atom stereocenters. The first-order chi connectivity index (χ1) is 41.2. The topological polar surface area (TPSA) is 11.4 Å². The lowest BCUT2D eigenvalue weighted by Gasteiger charge is -2.32. The molecule has 14 aromatic carbocycles. The molecule has 0 bridgehead atoms. The van der Waals surface area contributed by atoms with Crippen LogP contribution in [0.25, 0.3) is 105 Å². The van der Waals surface area contributed by atoms with Gasteiger partial charge in [-0.3, -0.25) is 0 Å². The average molecular weight is 1060 g/mol. The molecule has 0 radical (unpaired) electrons. The number of hydrogen-bond donors (Lipinski definition) is 0. The fourth-order valence-corrected chi connectivity index (χ4v) is 12.4. The molecule has 0 atom stereocenters. The quantitative estimate of drug-likeness (QED) is 0.113. The molecule has 0 aliphatic heterocycles. The van der Waals surface area contributed by atoms with E-state index in [1.807, 2.05) is 0 Å². The van der Waals surface area contributed by atoms with Crippen molar-refractivity contribution in [3.63, 3.8) is 0 Å². The van der Waals surface area contributed by atoms with Crippen LogP contribution < -0.4 is 9.80 Å². The fourth-order valence-electron chi connectivity index (χ4n) is 12.4. The van der Waals surface area contributed by atoms with Gasteiger partial charge < -0.3 is 14.4 Å². The van der Waals surface area contributed by atoms with Crippen LogP contribution in [0.3, 0.4) is 0 Å². The summed E-state index contributed by atoms with van der Waals surface area (Å²) in [6.07, 6.45) is 0. The van der Waals surface area contributed by atoms with Crippen molar-refractivity contribution in [1.82, 2.24) is 4.57 Å². The van der Waals surface area contributed by atoms with E-state index in [1.54, 1.807) is 0 Å². The van der Waals surface area contributed by atoms with E-state index in [2.05, 4.69) is 348 Å². The van der Waals surface area contributed by atoms with Crippen molar-refractivity contribution < 1.29 is 0 Å². The smallest absolute Gasteiger partial charge is 0.0561 e. The van der Waals surface area contributed by atoms with Gasteiger partial charge in [0.05, 0.1) is 16.7 Å². The highest BCUT2D eigenvalue weighted by Gasteiger charge is 2.24. The van der Waals surface area contributed by atoms with Gasteiger partial charge in [-0.2, -0.15) is 0 Å². The van der Waals surface area contributed by atoms with Crippen molar-refractivity contribution >= 4 is 77.5 Å². The van der Waals surface area contributed by atoms with E-state index in [0.29, 0.717) is 0 Å². The van der Waals surface area contributed by atoms with Gasteiger partial charge >= 0.3 is 0 Å². The van der Waals surface area contributed by atoms with Crippen molar-refractivity contribution in [2.75, 3.05) is 9.80 Å². The van der Waals surface area contributed by atoms with Crippen molar-refractivity contribution in [3.8, 4) is 61.3 Å². The van der Waals surface area contributed by atoms with Gasteiger partial charge in [-0.15, -0.1) is 0 Å². The fraction of sp³-hybridized carbons (Fsp3) is 0. The molecule has 83 heavy (non-hydrogen) atoms. The lowest BCUT2D eigenvalue weighted by molar-refractivity contribution is 1.18.